The molecule has 3 aliphatic heterocycles. The number of methoxy groups -OCH3 is 1. The summed E-state index contributed by atoms with van der Waals surface area (Å²) in [7, 11) is 1.59. The molecule has 6 rings (SSSR count). The third-order valence-electron chi connectivity index (χ3n) is 7.55. The van der Waals surface area contributed by atoms with Gasteiger partial charge < -0.3 is 25.2 Å². The summed E-state index contributed by atoms with van der Waals surface area (Å²) >= 11 is 0. The van der Waals surface area contributed by atoms with Gasteiger partial charge in [-0.25, -0.2) is 4.98 Å². The molecule has 0 atom stereocenters. The number of benzene rings is 2. The predicted octanol–water partition coefficient (Wildman–Crippen LogP) is 2.99. The van der Waals surface area contributed by atoms with Crippen LogP contribution < -0.4 is 25.2 Å². The van der Waals surface area contributed by atoms with E-state index in [1.165, 1.54) is 12.3 Å². The van der Waals surface area contributed by atoms with Crippen molar-refractivity contribution >= 4 is 58.2 Å². The molecule has 0 bridgehead atoms. The number of carbonyl (C=O) groups excluding carboxylic acids is 3. The third-order valence-corrected chi connectivity index (χ3v) is 7.55. The molecule has 0 unspecified atom stereocenters. The molecule has 2 aromatic carbocycles. The first kappa shape index (κ1) is 27.7. The normalized spacial score (nSPS) is 15.9. The molecule has 13 nitrogen and oxygen atoms in total. The van der Waals surface area contributed by atoms with Crippen LogP contribution in [-0.2, 0) is 9.59 Å². The summed E-state index contributed by atoms with van der Waals surface area (Å²) in [4.78, 5) is 58.3. The largest absolute Gasteiger partial charge is 0.494 e. The number of nitrogens with zero attached hydrogens (tertiary/aromatic N) is 7. The Hall–Kier alpha value is -5.46. The first-order valence-electron chi connectivity index (χ1n) is 13.9. The van der Waals surface area contributed by atoms with Crippen LogP contribution in [0.1, 0.15) is 17.3 Å². The van der Waals surface area contributed by atoms with Gasteiger partial charge in [-0.1, -0.05) is 12.6 Å². The van der Waals surface area contributed by atoms with E-state index in [4.69, 9.17) is 9.72 Å². The smallest absolute Gasteiger partial charge is 0.266 e. The molecule has 1 fully saturated rings. The van der Waals surface area contributed by atoms with E-state index in [1.54, 1.807) is 42.0 Å². The molecule has 0 spiro atoms. The maximum absolute atomic E-state index is 13.3. The van der Waals surface area contributed by atoms with Crippen molar-refractivity contribution in [1.82, 2.24) is 19.8 Å². The van der Waals surface area contributed by atoms with Crippen molar-refractivity contribution in [3.63, 3.8) is 0 Å². The molecule has 43 heavy (non-hydrogen) atoms. The van der Waals surface area contributed by atoms with E-state index < -0.39 is 0 Å². The van der Waals surface area contributed by atoms with Crippen LogP contribution in [0.5, 0.6) is 5.75 Å². The fraction of sp³-hybridized carbons (Fsp3) is 0.267. The predicted molar refractivity (Wildman–Crippen MR) is 164 cm³/mol. The number of guanidine groups is 1. The third kappa shape index (κ3) is 5.32. The van der Waals surface area contributed by atoms with Gasteiger partial charge in [0.1, 0.15) is 11.3 Å². The highest BCUT2D eigenvalue weighted by molar-refractivity contribution is 6.21. The summed E-state index contributed by atoms with van der Waals surface area (Å²) in [6.07, 6.45) is 2.71. The van der Waals surface area contributed by atoms with Crippen molar-refractivity contribution in [2.24, 2.45) is 4.99 Å². The molecular formula is C30H31N9O4. The Morgan fingerprint density at radius 2 is 1.86 bits per heavy atom. The highest BCUT2D eigenvalue weighted by Crippen LogP contribution is 2.37. The molecule has 0 saturated carbocycles. The molecule has 220 valence electrons. The quantitative estimate of drug-likeness (QED) is 0.404. The lowest BCUT2D eigenvalue weighted by molar-refractivity contribution is -0.129. The second kappa shape index (κ2) is 11.4. The van der Waals surface area contributed by atoms with E-state index in [-0.39, 0.29) is 23.7 Å². The van der Waals surface area contributed by atoms with Crippen molar-refractivity contribution in [1.29, 1.82) is 0 Å². The number of hydrogen-bond acceptors (Lipinski definition) is 10. The van der Waals surface area contributed by atoms with Crippen LogP contribution in [0.2, 0.25) is 0 Å². The minimum absolute atomic E-state index is 0.0852. The zero-order chi connectivity index (χ0) is 30.1. The molecule has 1 saturated heterocycles. The van der Waals surface area contributed by atoms with Gasteiger partial charge in [0.15, 0.2) is 5.82 Å². The number of anilines is 6. The number of hydrogen-bond donors (Lipinski definition) is 2. The zero-order valence-electron chi connectivity index (χ0n) is 23.9. The maximum atomic E-state index is 13.3. The summed E-state index contributed by atoms with van der Waals surface area (Å²) in [5.74, 6) is 1.21. The SMILES string of the molecule is C=CC(=O)Nc1cccc(N2C3=NCCN3C(=O)c3cnc(Nc4ccc(N5CCN(C(C)=O)CC5)cc4OC)nc32)c1. The number of aromatic nitrogens is 2. The van der Waals surface area contributed by atoms with Crippen LogP contribution in [-0.4, -0.2) is 89.8 Å². The van der Waals surface area contributed by atoms with Gasteiger partial charge in [0.2, 0.25) is 23.7 Å². The Morgan fingerprint density at radius 3 is 2.60 bits per heavy atom. The van der Waals surface area contributed by atoms with E-state index >= 15 is 0 Å². The summed E-state index contributed by atoms with van der Waals surface area (Å²) in [6, 6.07) is 13.0. The fourth-order valence-electron chi connectivity index (χ4n) is 5.35. The van der Waals surface area contributed by atoms with Crippen molar-refractivity contribution < 1.29 is 19.1 Å². The minimum atomic E-state index is -0.335. The first-order valence-corrected chi connectivity index (χ1v) is 13.9. The van der Waals surface area contributed by atoms with E-state index in [2.05, 4.69) is 32.1 Å². The summed E-state index contributed by atoms with van der Waals surface area (Å²) in [5.41, 5.74) is 3.19. The van der Waals surface area contributed by atoms with Crippen LogP contribution in [0.3, 0.4) is 0 Å². The van der Waals surface area contributed by atoms with Gasteiger partial charge in [-0.3, -0.25) is 29.2 Å². The summed E-state index contributed by atoms with van der Waals surface area (Å²) < 4.78 is 5.70. The van der Waals surface area contributed by atoms with E-state index in [1.807, 2.05) is 29.2 Å². The van der Waals surface area contributed by atoms with Crippen molar-refractivity contribution in [3.8, 4) is 5.75 Å². The van der Waals surface area contributed by atoms with Crippen molar-refractivity contribution in [2.75, 3.05) is 66.8 Å². The van der Waals surface area contributed by atoms with E-state index in [0.717, 1.165) is 18.8 Å². The number of nitrogens with one attached hydrogen (secondary N) is 2. The van der Waals surface area contributed by atoms with Gasteiger partial charge in [0.05, 0.1) is 25.0 Å². The van der Waals surface area contributed by atoms with Gasteiger partial charge in [0.25, 0.3) is 5.91 Å². The monoisotopic (exact) mass is 581 g/mol. The van der Waals surface area contributed by atoms with Gasteiger partial charge in [-0.2, -0.15) is 4.98 Å². The van der Waals surface area contributed by atoms with E-state index in [9.17, 15) is 14.4 Å². The highest BCUT2D eigenvalue weighted by atomic mass is 16.5. The maximum Gasteiger partial charge on any atom is 0.266 e. The fourth-order valence-corrected chi connectivity index (χ4v) is 5.35. The molecule has 3 aromatic rings. The number of amides is 3. The average molecular weight is 582 g/mol. The number of piperazine rings is 1. The Kier molecular flexibility index (Phi) is 7.36. The van der Waals surface area contributed by atoms with Crippen molar-refractivity contribution in [2.45, 2.75) is 6.92 Å². The Balaban J connectivity index is 1.31. The van der Waals surface area contributed by atoms with Gasteiger partial charge in [0, 0.05) is 63.3 Å². The number of rotatable bonds is 7. The summed E-state index contributed by atoms with van der Waals surface area (Å²) in [5, 5.41) is 6.01. The standard InChI is InChI=1S/C30H31N9O4/c1-4-26(41)33-20-6-5-7-22(16-20)39-27-23(28(42)38-11-10-31-30(38)39)18-32-29(35-27)34-24-9-8-21(17-25(24)43-3)37-14-12-36(13-15-37)19(2)40/h4-9,16-18H,1,10-15H2,2-3H3,(H,33,41)(H,32,34,35). The Labute approximate surface area is 248 Å². The van der Waals surface area contributed by atoms with Gasteiger partial charge in [-0.05, 0) is 36.4 Å². The summed E-state index contributed by atoms with van der Waals surface area (Å²) in [6.45, 7) is 8.81. The lowest BCUT2D eigenvalue weighted by atomic mass is 10.1. The minimum Gasteiger partial charge on any atom is -0.494 e. The Bertz CT molecular complexity index is 1650. The molecule has 4 heterocycles. The zero-order valence-corrected chi connectivity index (χ0v) is 23.9. The van der Waals surface area contributed by atoms with E-state index in [0.29, 0.717) is 66.3 Å². The topological polar surface area (TPSA) is 136 Å². The molecule has 3 aliphatic rings. The number of ether oxygens (including phenoxy) is 1. The molecule has 3 amide bonds. The average Bonchev–Trinajstić information content (AvgIpc) is 3.51. The lowest BCUT2D eigenvalue weighted by Crippen LogP contribution is -2.48. The second-order valence-electron chi connectivity index (χ2n) is 10.2. The molecule has 13 heteroatoms. The van der Waals surface area contributed by atoms with Crippen molar-refractivity contribution in [3.05, 3.63) is 66.9 Å². The van der Waals surface area contributed by atoms with Crippen LogP contribution in [0.4, 0.5) is 34.5 Å². The van der Waals surface area contributed by atoms with Gasteiger partial charge >= 0.3 is 0 Å². The molecular weight excluding hydrogens is 550 g/mol. The second-order valence-corrected chi connectivity index (χ2v) is 10.2. The number of carbonyl (C=O) groups is 3. The molecule has 1 aromatic heterocycles. The molecule has 0 aliphatic carbocycles. The first-order chi connectivity index (χ1) is 20.9. The van der Waals surface area contributed by atoms with Crippen LogP contribution in [0.15, 0.2) is 66.3 Å². The lowest BCUT2D eigenvalue weighted by Gasteiger charge is -2.36. The number of fused-ring (bicyclic) bond motifs is 2. The van der Waals surface area contributed by atoms with Gasteiger partial charge in [-0.15, -0.1) is 0 Å². The molecule has 2 N–H and O–H groups in total. The number of aliphatic imine (C=N–C) groups is 1. The van der Waals surface area contributed by atoms with Crippen LogP contribution >= 0.6 is 0 Å². The van der Waals surface area contributed by atoms with Crippen LogP contribution in [0.25, 0.3) is 0 Å². The van der Waals surface area contributed by atoms with Crippen LogP contribution in [0, 0.1) is 0 Å². The molecule has 0 radical (unpaired) electrons. The highest BCUT2D eigenvalue weighted by Gasteiger charge is 2.40. The Morgan fingerprint density at radius 1 is 1.05 bits per heavy atom.